The van der Waals surface area contributed by atoms with Gasteiger partial charge >= 0.3 is 5.97 Å². The summed E-state index contributed by atoms with van der Waals surface area (Å²) >= 11 is 9.96. The van der Waals surface area contributed by atoms with Crippen LogP contribution in [0.25, 0.3) is 22.0 Å². The molecule has 0 spiro atoms. The average molecular weight is 617 g/mol. The molecular weight excluding hydrogens is 598 g/mol. The first-order valence-corrected chi connectivity index (χ1v) is 13.3. The molecular formula is C30H19BrClN3O5. The molecule has 2 heterocycles. The molecule has 1 aliphatic rings. The molecule has 0 radical (unpaired) electrons. The quantitative estimate of drug-likeness (QED) is 0.0929. The maximum atomic E-state index is 13.3. The van der Waals surface area contributed by atoms with Gasteiger partial charge in [-0.2, -0.15) is 5.10 Å². The van der Waals surface area contributed by atoms with Gasteiger partial charge < -0.3 is 19.2 Å². The van der Waals surface area contributed by atoms with Gasteiger partial charge in [0.15, 0.2) is 11.5 Å². The van der Waals surface area contributed by atoms with E-state index in [1.165, 1.54) is 6.21 Å². The van der Waals surface area contributed by atoms with Crippen molar-refractivity contribution in [3.63, 3.8) is 0 Å². The van der Waals surface area contributed by atoms with Gasteiger partial charge in [-0.3, -0.25) is 4.79 Å². The van der Waals surface area contributed by atoms with Gasteiger partial charge in [0.1, 0.15) is 11.4 Å². The van der Waals surface area contributed by atoms with Gasteiger partial charge in [0.05, 0.1) is 22.3 Å². The second-order valence-electron chi connectivity index (χ2n) is 8.75. The van der Waals surface area contributed by atoms with E-state index in [9.17, 15) is 9.59 Å². The normalized spacial score (nSPS) is 12.2. The summed E-state index contributed by atoms with van der Waals surface area (Å²) in [7, 11) is 0. The number of esters is 1. The molecule has 0 fully saturated rings. The van der Waals surface area contributed by atoms with E-state index in [4.69, 9.17) is 25.8 Å². The van der Waals surface area contributed by atoms with Crippen molar-refractivity contribution in [2.24, 2.45) is 5.10 Å². The first-order chi connectivity index (χ1) is 19.5. The number of aromatic amines is 1. The molecule has 0 aliphatic carbocycles. The first-order valence-electron chi connectivity index (χ1n) is 12.1. The van der Waals surface area contributed by atoms with Crippen LogP contribution in [0.2, 0.25) is 5.02 Å². The molecule has 4 aromatic carbocycles. The summed E-state index contributed by atoms with van der Waals surface area (Å²) < 4.78 is 17.0. The highest BCUT2D eigenvalue weighted by Crippen LogP contribution is 2.38. The van der Waals surface area contributed by atoms with Gasteiger partial charge in [-0.1, -0.05) is 70.0 Å². The Morgan fingerprint density at radius 3 is 2.60 bits per heavy atom. The summed E-state index contributed by atoms with van der Waals surface area (Å²) in [5.74, 6) is 0.285. The number of fused-ring (bicyclic) bond motifs is 2. The average Bonchev–Trinajstić information content (AvgIpc) is 3.59. The zero-order valence-corrected chi connectivity index (χ0v) is 23.0. The number of carbonyl (C=O) groups excluding carboxylic acids is 2. The van der Waals surface area contributed by atoms with Gasteiger partial charge in [0.2, 0.25) is 6.79 Å². The highest BCUT2D eigenvalue weighted by molar-refractivity contribution is 9.10. The Morgan fingerprint density at radius 2 is 1.75 bits per heavy atom. The predicted octanol–water partition coefficient (Wildman–Crippen LogP) is 6.96. The number of nitrogens with one attached hydrogen (secondary N) is 2. The van der Waals surface area contributed by atoms with Crippen molar-refractivity contribution in [1.29, 1.82) is 0 Å². The fourth-order valence-electron chi connectivity index (χ4n) is 4.37. The summed E-state index contributed by atoms with van der Waals surface area (Å²) in [4.78, 5) is 29.3. The molecule has 0 saturated carbocycles. The summed E-state index contributed by atoms with van der Waals surface area (Å²) in [6.07, 6.45) is 1.41. The number of hydrogen-bond donors (Lipinski definition) is 2. The molecule has 5 aromatic rings. The summed E-state index contributed by atoms with van der Waals surface area (Å²) in [5.41, 5.74) is 5.85. The van der Waals surface area contributed by atoms with Crippen LogP contribution in [0.15, 0.2) is 94.5 Å². The van der Waals surface area contributed by atoms with Crippen LogP contribution in [0.4, 0.5) is 0 Å². The van der Waals surface area contributed by atoms with Crippen molar-refractivity contribution in [3.8, 4) is 28.4 Å². The van der Waals surface area contributed by atoms with E-state index in [0.29, 0.717) is 44.4 Å². The molecule has 10 heteroatoms. The lowest BCUT2D eigenvalue weighted by atomic mass is 10.0. The Morgan fingerprint density at radius 1 is 0.975 bits per heavy atom. The summed E-state index contributed by atoms with van der Waals surface area (Å²) in [6, 6.07) is 24.9. The van der Waals surface area contributed by atoms with Gasteiger partial charge in [-0.25, -0.2) is 10.2 Å². The highest BCUT2D eigenvalue weighted by Gasteiger charge is 2.21. The number of rotatable bonds is 6. The molecule has 1 aromatic heterocycles. The van der Waals surface area contributed by atoms with Gasteiger partial charge in [0.25, 0.3) is 5.91 Å². The number of aromatic nitrogens is 1. The molecule has 0 unspecified atom stereocenters. The smallest absolute Gasteiger partial charge is 0.343 e. The van der Waals surface area contributed by atoms with Crippen LogP contribution < -0.4 is 19.6 Å². The maximum absolute atomic E-state index is 13.3. The monoisotopic (exact) mass is 615 g/mol. The number of H-pyrrole nitrogens is 1. The molecule has 6 rings (SSSR count). The first kappa shape index (κ1) is 25.7. The predicted molar refractivity (Wildman–Crippen MR) is 155 cm³/mol. The van der Waals surface area contributed by atoms with Crippen LogP contribution >= 0.6 is 27.5 Å². The molecule has 198 valence electrons. The molecule has 8 nitrogen and oxygen atoms in total. The molecule has 0 saturated heterocycles. The van der Waals surface area contributed by atoms with Gasteiger partial charge in [-0.15, -0.1) is 0 Å². The zero-order chi connectivity index (χ0) is 27.6. The van der Waals surface area contributed by atoms with E-state index >= 15 is 0 Å². The van der Waals surface area contributed by atoms with Crippen molar-refractivity contribution >= 4 is 56.5 Å². The minimum atomic E-state index is -0.572. The Kier molecular flexibility index (Phi) is 6.98. The van der Waals surface area contributed by atoms with Crippen LogP contribution in [0.1, 0.15) is 26.4 Å². The number of benzene rings is 4. The molecule has 40 heavy (non-hydrogen) atoms. The maximum Gasteiger partial charge on any atom is 0.343 e. The van der Waals surface area contributed by atoms with Gasteiger partial charge in [0, 0.05) is 21.0 Å². The largest absolute Gasteiger partial charge is 0.454 e. The number of hydrogen-bond acceptors (Lipinski definition) is 6. The molecule has 0 bridgehead atoms. The van der Waals surface area contributed by atoms with Gasteiger partial charge in [-0.05, 0) is 48.0 Å². The number of halogens is 2. The summed E-state index contributed by atoms with van der Waals surface area (Å²) in [5, 5.41) is 5.40. The van der Waals surface area contributed by atoms with Crippen molar-refractivity contribution in [2.75, 3.05) is 6.79 Å². The molecule has 1 amide bonds. The number of nitrogens with zero attached hydrogens (tertiary/aromatic N) is 1. The minimum Gasteiger partial charge on any atom is -0.454 e. The van der Waals surface area contributed by atoms with Crippen LogP contribution in [-0.2, 0) is 0 Å². The van der Waals surface area contributed by atoms with E-state index in [-0.39, 0.29) is 12.5 Å². The Hall–Kier alpha value is -4.60. The van der Waals surface area contributed by atoms with Crippen LogP contribution in [0, 0.1) is 0 Å². The van der Waals surface area contributed by atoms with Crippen LogP contribution in [0.3, 0.4) is 0 Å². The van der Waals surface area contributed by atoms with Crippen LogP contribution in [-0.4, -0.2) is 29.9 Å². The third-order valence-electron chi connectivity index (χ3n) is 6.21. The number of carbonyl (C=O) groups is 2. The number of para-hydroxylation sites is 1. The lowest BCUT2D eigenvalue weighted by molar-refractivity contribution is 0.0733. The second-order valence-corrected chi connectivity index (χ2v) is 10.1. The lowest BCUT2D eigenvalue weighted by Gasteiger charge is -2.08. The minimum absolute atomic E-state index is 0.106. The van der Waals surface area contributed by atoms with Crippen molar-refractivity contribution in [1.82, 2.24) is 10.4 Å². The number of amides is 1. The topological polar surface area (TPSA) is 102 Å². The standard InChI is InChI=1S/C30H19BrClN3O5/c31-20-13-21-26(17-6-2-1-3-7-17)28(34-27(21)22(32)14-20)29(36)35-33-15-19-8-4-5-9-23(19)40-30(37)18-10-11-24-25(12-18)39-16-38-24/h1-15,34H,16H2,(H,35,36). The lowest BCUT2D eigenvalue weighted by Crippen LogP contribution is -2.19. The van der Waals surface area contributed by atoms with E-state index in [2.05, 4.69) is 31.4 Å². The highest BCUT2D eigenvalue weighted by atomic mass is 79.9. The van der Waals surface area contributed by atoms with Crippen molar-refractivity contribution in [3.05, 3.63) is 111 Å². The summed E-state index contributed by atoms with van der Waals surface area (Å²) in [6.45, 7) is 0.106. The Bertz CT molecular complexity index is 1800. The molecule has 2 N–H and O–H groups in total. The Labute approximate surface area is 241 Å². The van der Waals surface area contributed by atoms with E-state index in [1.807, 2.05) is 36.4 Å². The Balaban J connectivity index is 1.24. The third kappa shape index (κ3) is 5.04. The zero-order valence-electron chi connectivity index (χ0n) is 20.6. The van der Waals surface area contributed by atoms with Crippen molar-refractivity contribution in [2.45, 2.75) is 0 Å². The van der Waals surface area contributed by atoms with E-state index in [1.54, 1.807) is 48.5 Å². The number of hydrazone groups is 1. The molecule has 1 aliphatic heterocycles. The van der Waals surface area contributed by atoms with Crippen LogP contribution in [0.5, 0.6) is 17.2 Å². The van der Waals surface area contributed by atoms with E-state index < -0.39 is 11.9 Å². The third-order valence-corrected chi connectivity index (χ3v) is 6.97. The number of ether oxygens (including phenoxy) is 3. The fraction of sp³-hybridized carbons (Fsp3) is 0.0333. The fourth-order valence-corrected chi connectivity index (χ4v) is 5.23. The molecule has 0 atom stereocenters. The van der Waals surface area contributed by atoms with E-state index in [0.717, 1.165) is 15.4 Å². The second kappa shape index (κ2) is 10.9. The van der Waals surface area contributed by atoms with Crippen molar-refractivity contribution < 1.29 is 23.8 Å². The SMILES string of the molecule is O=C(Oc1ccccc1C=NNC(=O)c1[nH]c2c(Cl)cc(Br)cc2c1-c1ccccc1)c1ccc2c(c1)OCO2.